The summed E-state index contributed by atoms with van der Waals surface area (Å²) in [5.74, 6) is 0. The molecule has 0 saturated carbocycles. The van der Waals surface area contributed by atoms with Crippen molar-refractivity contribution < 1.29 is 5.11 Å². The van der Waals surface area contributed by atoms with Crippen molar-refractivity contribution in [3.05, 3.63) is 34.3 Å². The Balaban J connectivity index is 2.41. The summed E-state index contributed by atoms with van der Waals surface area (Å²) in [5, 5.41) is 9.24. The summed E-state index contributed by atoms with van der Waals surface area (Å²) >= 11 is 3.37. The van der Waals surface area contributed by atoms with Gasteiger partial charge in [0.1, 0.15) is 0 Å². The molecule has 3 heteroatoms. The zero-order valence-corrected chi connectivity index (χ0v) is 9.00. The Bertz CT molecular complexity index is 248. The van der Waals surface area contributed by atoms with Gasteiger partial charge < -0.3 is 10.8 Å². The molecule has 0 fully saturated rings. The van der Waals surface area contributed by atoms with Crippen molar-refractivity contribution in [3.8, 4) is 0 Å². The Morgan fingerprint density at radius 3 is 2.46 bits per heavy atom. The minimum atomic E-state index is -0.372. The van der Waals surface area contributed by atoms with Crippen molar-refractivity contribution >= 4 is 15.9 Å². The number of aliphatic hydroxyl groups excluding tert-OH is 1. The van der Waals surface area contributed by atoms with Crippen LogP contribution in [-0.2, 0) is 6.42 Å². The quantitative estimate of drug-likeness (QED) is 0.846. The van der Waals surface area contributed by atoms with E-state index in [0.29, 0.717) is 6.54 Å². The van der Waals surface area contributed by atoms with E-state index in [2.05, 4.69) is 15.9 Å². The van der Waals surface area contributed by atoms with Gasteiger partial charge in [-0.15, -0.1) is 0 Å². The summed E-state index contributed by atoms with van der Waals surface area (Å²) in [6, 6.07) is 8.11. The molecule has 3 N–H and O–H groups in total. The lowest BCUT2D eigenvalue weighted by atomic mass is 10.1. The van der Waals surface area contributed by atoms with Gasteiger partial charge in [-0.25, -0.2) is 0 Å². The number of aliphatic hydroxyl groups is 1. The first-order chi connectivity index (χ1) is 6.22. The monoisotopic (exact) mass is 243 g/mol. The molecule has 0 aromatic heterocycles. The van der Waals surface area contributed by atoms with E-state index in [1.165, 1.54) is 5.56 Å². The van der Waals surface area contributed by atoms with Crippen molar-refractivity contribution in [2.24, 2.45) is 5.73 Å². The van der Waals surface area contributed by atoms with E-state index in [1.54, 1.807) is 0 Å². The van der Waals surface area contributed by atoms with Crippen molar-refractivity contribution in [3.63, 3.8) is 0 Å². The minimum absolute atomic E-state index is 0.344. The van der Waals surface area contributed by atoms with E-state index in [1.807, 2.05) is 24.3 Å². The molecule has 2 nitrogen and oxygen atoms in total. The summed E-state index contributed by atoms with van der Waals surface area (Å²) in [6.45, 7) is 0.344. The fraction of sp³-hybridized carbons (Fsp3) is 0.400. The van der Waals surface area contributed by atoms with Crippen LogP contribution in [0.25, 0.3) is 0 Å². The van der Waals surface area contributed by atoms with Crippen LogP contribution in [-0.4, -0.2) is 17.8 Å². The van der Waals surface area contributed by atoms with Gasteiger partial charge in [0.05, 0.1) is 6.10 Å². The summed E-state index contributed by atoms with van der Waals surface area (Å²) in [4.78, 5) is 0. The van der Waals surface area contributed by atoms with Gasteiger partial charge in [0.25, 0.3) is 0 Å². The van der Waals surface area contributed by atoms with Crippen molar-refractivity contribution in [1.82, 2.24) is 0 Å². The SMILES string of the molecule is NC[C@@H](O)CCc1ccc(Br)cc1. The summed E-state index contributed by atoms with van der Waals surface area (Å²) in [5.41, 5.74) is 6.53. The Hall–Kier alpha value is -0.380. The lowest BCUT2D eigenvalue weighted by Gasteiger charge is -2.06. The van der Waals surface area contributed by atoms with Crippen molar-refractivity contribution in [2.75, 3.05) is 6.54 Å². The highest BCUT2D eigenvalue weighted by Gasteiger charge is 2.01. The van der Waals surface area contributed by atoms with Gasteiger partial charge >= 0.3 is 0 Å². The maximum absolute atomic E-state index is 9.24. The number of halogens is 1. The molecule has 0 bridgehead atoms. The van der Waals surface area contributed by atoms with Gasteiger partial charge in [0.2, 0.25) is 0 Å². The maximum Gasteiger partial charge on any atom is 0.0665 e. The molecule has 1 aromatic rings. The van der Waals surface area contributed by atoms with Crippen LogP contribution in [0.4, 0.5) is 0 Å². The van der Waals surface area contributed by atoms with E-state index < -0.39 is 0 Å². The fourth-order valence-corrected chi connectivity index (χ4v) is 1.37. The molecular formula is C10H14BrNO. The molecule has 1 rings (SSSR count). The molecular weight excluding hydrogens is 230 g/mol. The highest BCUT2D eigenvalue weighted by atomic mass is 79.9. The van der Waals surface area contributed by atoms with E-state index in [4.69, 9.17) is 5.73 Å². The number of hydrogen-bond donors (Lipinski definition) is 2. The van der Waals surface area contributed by atoms with Crippen molar-refractivity contribution in [2.45, 2.75) is 18.9 Å². The van der Waals surface area contributed by atoms with Crippen LogP contribution in [0, 0.1) is 0 Å². The first kappa shape index (κ1) is 10.7. The zero-order chi connectivity index (χ0) is 9.68. The van der Waals surface area contributed by atoms with Crippen LogP contribution >= 0.6 is 15.9 Å². The third-order valence-corrected chi connectivity index (χ3v) is 2.48. The molecule has 0 saturated heterocycles. The number of aryl methyl sites for hydroxylation is 1. The van der Waals surface area contributed by atoms with Crippen LogP contribution in [0.5, 0.6) is 0 Å². The predicted molar refractivity (Wildman–Crippen MR) is 57.5 cm³/mol. The average molecular weight is 244 g/mol. The number of benzene rings is 1. The Morgan fingerprint density at radius 2 is 1.92 bits per heavy atom. The smallest absolute Gasteiger partial charge is 0.0665 e. The molecule has 0 spiro atoms. The van der Waals surface area contributed by atoms with Gasteiger partial charge in [-0.2, -0.15) is 0 Å². The largest absolute Gasteiger partial charge is 0.392 e. The van der Waals surface area contributed by atoms with E-state index in [0.717, 1.165) is 17.3 Å². The molecule has 0 radical (unpaired) electrons. The molecule has 0 amide bonds. The topological polar surface area (TPSA) is 46.2 Å². The van der Waals surface area contributed by atoms with Gasteiger partial charge in [0, 0.05) is 11.0 Å². The van der Waals surface area contributed by atoms with Gasteiger partial charge in [-0.3, -0.25) is 0 Å². The second kappa shape index (κ2) is 5.37. The van der Waals surface area contributed by atoms with E-state index >= 15 is 0 Å². The molecule has 72 valence electrons. The summed E-state index contributed by atoms with van der Waals surface area (Å²) < 4.78 is 1.08. The molecule has 1 atom stereocenters. The molecule has 13 heavy (non-hydrogen) atoms. The zero-order valence-electron chi connectivity index (χ0n) is 7.41. The lowest BCUT2D eigenvalue weighted by molar-refractivity contribution is 0.173. The Kier molecular flexibility index (Phi) is 4.42. The number of nitrogens with two attached hydrogens (primary N) is 1. The molecule has 0 heterocycles. The molecule has 1 aromatic carbocycles. The second-order valence-electron chi connectivity index (χ2n) is 3.05. The maximum atomic E-state index is 9.24. The second-order valence-corrected chi connectivity index (χ2v) is 3.97. The fourth-order valence-electron chi connectivity index (χ4n) is 1.10. The highest BCUT2D eigenvalue weighted by Crippen LogP contribution is 2.12. The third-order valence-electron chi connectivity index (χ3n) is 1.95. The molecule has 0 aliphatic carbocycles. The minimum Gasteiger partial charge on any atom is -0.392 e. The molecule has 0 unspecified atom stereocenters. The van der Waals surface area contributed by atoms with Gasteiger partial charge in [0.15, 0.2) is 0 Å². The van der Waals surface area contributed by atoms with Gasteiger partial charge in [-0.05, 0) is 30.5 Å². The lowest BCUT2D eigenvalue weighted by Crippen LogP contribution is -2.20. The first-order valence-electron chi connectivity index (χ1n) is 4.35. The van der Waals surface area contributed by atoms with Crippen LogP contribution < -0.4 is 5.73 Å². The first-order valence-corrected chi connectivity index (χ1v) is 5.14. The van der Waals surface area contributed by atoms with Crippen LogP contribution in [0.1, 0.15) is 12.0 Å². The Labute approximate surface area is 86.9 Å². The molecule has 0 aliphatic rings. The standard InChI is InChI=1S/C10H14BrNO/c11-9-4-1-8(2-5-9)3-6-10(13)7-12/h1-2,4-5,10,13H,3,6-7,12H2/t10-/m0/s1. The third kappa shape index (κ3) is 3.89. The van der Waals surface area contributed by atoms with Crippen molar-refractivity contribution in [1.29, 1.82) is 0 Å². The normalized spacial score (nSPS) is 12.8. The van der Waals surface area contributed by atoms with E-state index in [9.17, 15) is 5.11 Å². The van der Waals surface area contributed by atoms with Crippen LogP contribution in [0.15, 0.2) is 28.7 Å². The number of rotatable bonds is 4. The van der Waals surface area contributed by atoms with Gasteiger partial charge in [-0.1, -0.05) is 28.1 Å². The highest BCUT2D eigenvalue weighted by molar-refractivity contribution is 9.10. The summed E-state index contributed by atoms with van der Waals surface area (Å²) in [7, 11) is 0. The predicted octanol–water partition coefficient (Wildman–Crippen LogP) is 1.70. The Morgan fingerprint density at radius 1 is 1.31 bits per heavy atom. The molecule has 0 aliphatic heterocycles. The van der Waals surface area contributed by atoms with Crippen LogP contribution in [0.3, 0.4) is 0 Å². The summed E-state index contributed by atoms with van der Waals surface area (Å²) in [6.07, 6.45) is 1.24. The number of hydrogen-bond acceptors (Lipinski definition) is 2. The van der Waals surface area contributed by atoms with Crippen LogP contribution in [0.2, 0.25) is 0 Å². The average Bonchev–Trinajstić information content (AvgIpc) is 2.16. The van der Waals surface area contributed by atoms with E-state index in [-0.39, 0.29) is 6.10 Å².